The van der Waals surface area contributed by atoms with E-state index in [1.807, 2.05) is 0 Å². The molecule has 0 aliphatic heterocycles. The number of hydrogen-bond acceptors (Lipinski definition) is 3. The first-order valence-corrected chi connectivity index (χ1v) is 6.50. The van der Waals surface area contributed by atoms with Crippen LogP contribution < -0.4 is 5.32 Å². The predicted octanol–water partition coefficient (Wildman–Crippen LogP) is 1.74. The van der Waals surface area contributed by atoms with E-state index in [0.717, 1.165) is 19.3 Å². The Morgan fingerprint density at radius 2 is 1.94 bits per heavy atom. The Kier molecular flexibility index (Phi) is 3.64. The molecule has 4 atom stereocenters. The molecular weight excluding hydrogens is 220 g/mol. The molecule has 1 amide bonds. The Balaban J connectivity index is 2.15. The van der Waals surface area contributed by atoms with Crippen molar-refractivity contribution < 1.29 is 9.72 Å². The van der Waals surface area contributed by atoms with E-state index in [0.29, 0.717) is 18.3 Å². The van der Waals surface area contributed by atoms with Crippen molar-refractivity contribution in [2.45, 2.75) is 57.5 Å². The molecule has 5 nitrogen and oxygen atoms in total. The summed E-state index contributed by atoms with van der Waals surface area (Å²) >= 11 is 0. The van der Waals surface area contributed by atoms with Gasteiger partial charge in [0.1, 0.15) is 0 Å². The fourth-order valence-corrected chi connectivity index (χ4v) is 3.59. The van der Waals surface area contributed by atoms with Crippen molar-refractivity contribution in [1.29, 1.82) is 0 Å². The van der Waals surface area contributed by atoms with E-state index < -0.39 is 6.04 Å². The minimum Gasteiger partial charge on any atom is -0.346 e. The monoisotopic (exact) mass is 240 g/mol. The SMILES string of the molecule is CC(=O)NC1C2CCCCC2CCC1[N+](=O)[O-]. The molecule has 2 rings (SSSR count). The van der Waals surface area contributed by atoms with Gasteiger partial charge < -0.3 is 5.32 Å². The first-order valence-electron chi connectivity index (χ1n) is 6.50. The van der Waals surface area contributed by atoms with E-state index in [-0.39, 0.29) is 16.9 Å². The van der Waals surface area contributed by atoms with Gasteiger partial charge in [0.15, 0.2) is 0 Å². The van der Waals surface area contributed by atoms with E-state index in [9.17, 15) is 14.9 Å². The van der Waals surface area contributed by atoms with Crippen LogP contribution in [0.5, 0.6) is 0 Å². The number of hydrogen-bond donors (Lipinski definition) is 1. The van der Waals surface area contributed by atoms with Crippen molar-refractivity contribution in [2.24, 2.45) is 11.8 Å². The second-order valence-electron chi connectivity index (χ2n) is 5.36. The lowest BCUT2D eigenvalue weighted by Gasteiger charge is -2.42. The van der Waals surface area contributed by atoms with Gasteiger partial charge in [0.05, 0.1) is 6.04 Å². The molecule has 17 heavy (non-hydrogen) atoms. The van der Waals surface area contributed by atoms with E-state index in [1.165, 1.54) is 19.8 Å². The summed E-state index contributed by atoms with van der Waals surface area (Å²) in [6.45, 7) is 1.45. The molecular formula is C12H20N2O3. The van der Waals surface area contributed by atoms with Crippen molar-refractivity contribution >= 4 is 5.91 Å². The Hall–Kier alpha value is -1.13. The maximum Gasteiger partial charge on any atom is 0.233 e. The Morgan fingerprint density at radius 3 is 2.59 bits per heavy atom. The van der Waals surface area contributed by atoms with Crippen LogP contribution in [0, 0.1) is 22.0 Å². The van der Waals surface area contributed by atoms with Gasteiger partial charge in [0.25, 0.3) is 0 Å². The summed E-state index contributed by atoms with van der Waals surface area (Å²) in [5, 5.41) is 13.9. The Labute approximate surface area is 101 Å². The summed E-state index contributed by atoms with van der Waals surface area (Å²) in [6.07, 6.45) is 6.13. The topological polar surface area (TPSA) is 72.2 Å². The van der Waals surface area contributed by atoms with Crippen LogP contribution >= 0.6 is 0 Å². The van der Waals surface area contributed by atoms with Crippen LogP contribution in [-0.4, -0.2) is 22.9 Å². The lowest BCUT2D eigenvalue weighted by Crippen LogP contribution is -2.55. The summed E-state index contributed by atoms with van der Waals surface area (Å²) < 4.78 is 0. The largest absolute Gasteiger partial charge is 0.346 e. The van der Waals surface area contributed by atoms with Gasteiger partial charge in [-0.2, -0.15) is 0 Å². The van der Waals surface area contributed by atoms with Crippen molar-refractivity contribution in [1.82, 2.24) is 5.32 Å². The van der Waals surface area contributed by atoms with Gasteiger partial charge in [0.2, 0.25) is 11.9 Å². The second kappa shape index (κ2) is 5.02. The number of carbonyl (C=O) groups is 1. The zero-order valence-corrected chi connectivity index (χ0v) is 10.2. The molecule has 0 aromatic heterocycles. The minimum atomic E-state index is -0.585. The Morgan fingerprint density at radius 1 is 1.24 bits per heavy atom. The van der Waals surface area contributed by atoms with E-state index >= 15 is 0 Å². The molecule has 96 valence electrons. The number of nitrogens with one attached hydrogen (secondary N) is 1. The van der Waals surface area contributed by atoms with Crippen LogP contribution in [0.3, 0.4) is 0 Å². The zero-order chi connectivity index (χ0) is 12.4. The molecule has 0 bridgehead atoms. The molecule has 2 saturated carbocycles. The van der Waals surface area contributed by atoms with Crippen LogP contribution in [0.1, 0.15) is 45.4 Å². The number of rotatable bonds is 2. The van der Waals surface area contributed by atoms with Gasteiger partial charge in [0, 0.05) is 18.3 Å². The van der Waals surface area contributed by atoms with E-state index in [2.05, 4.69) is 5.32 Å². The summed E-state index contributed by atoms with van der Waals surface area (Å²) in [7, 11) is 0. The van der Waals surface area contributed by atoms with Crippen molar-refractivity contribution in [3.05, 3.63) is 10.1 Å². The third-order valence-corrected chi connectivity index (χ3v) is 4.32. The maximum atomic E-state index is 11.2. The molecule has 2 aliphatic rings. The molecule has 4 unspecified atom stereocenters. The highest BCUT2D eigenvalue weighted by atomic mass is 16.6. The summed E-state index contributed by atoms with van der Waals surface area (Å²) in [5.41, 5.74) is 0. The fraction of sp³-hybridized carbons (Fsp3) is 0.917. The first-order chi connectivity index (χ1) is 8.09. The van der Waals surface area contributed by atoms with Crippen LogP contribution in [-0.2, 0) is 4.79 Å². The summed E-state index contributed by atoms with van der Waals surface area (Å²) in [5.74, 6) is 0.752. The van der Waals surface area contributed by atoms with Gasteiger partial charge >= 0.3 is 0 Å². The molecule has 0 aromatic rings. The highest BCUT2D eigenvalue weighted by molar-refractivity contribution is 5.73. The fourth-order valence-electron chi connectivity index (χ4n) is 3.59. The quantitative estimate of drug-likeness (QED) is 0.590. The second-order valence-corrected chi connectivity index (χ2v) is 5.36. The zero-order valence-electron chi connectivity index (χ0n) is 10.2. The molecule has 0 radical (unpaired) electrons. The normalized spacial score (nSPS) is 37.0. The van der Waals surface area contributed by atoms with Crippen LogP contribution in [0.2, 0.25) is 0 Å². The van der Waals surface area contributed by atoms with Gasteiger partial charge in [-0.25, -0.2) is 0 Å². The Bertz CT molecular complexity index is 319. The number of nitro groups is 1. The lowest BCUT2D eigenvalue weighted by atomic mass is 9.66. The average Bonchev–Trinajstić information content (AvgIpc) is 2.28. The summed E-state index contributed by atoms with van der Waals surface area (Å²) in [6, 6.07) is -0.834. The average molecular weight is 240 g/mol. The predicted molar refractivity (Wildman–Crippen MR) is 63.1 cm³/mol. The van der Waals surface area contributed by atoms with Crippen LogP contribution in [0.4, 0.5) is 0 Å². The number of fused-ring (bicyclic) bond motifs is 1. The van der Waals surface area contributed by atoms with Gasteiger partial charge in [-0.05, 0) is 24.7 Å². The summed E-state index contributed by atoms with van der Waals surface area (Å²) in [4.78, 5) is 22.1. The highest BCUT2D eigenvalue weighted by Crippen LogP contribution is 2.41. The maximum absolute atomic E-state index is 11.2. The standard InChI is InChI=1S/C12H20N2O3/c1-8(15)13-12-10-5-3-2-4-9(10)6-7-11(12)14(16)17/h9-12H,2-7H2,1H3,(H,13,15). The smallest absolute Gasteiger partial charge is 0.233 e. The number of carbonyl (C=O) groups excluding carboxylic acids is 1. The molecule has 1 N–H and O–H groups in total. The van der Waals surface area contributed by atoms with E-state index in [4.69, 9.17) is 0 Å². The van der Waals surface area contributed by atoms with Crippen molar-refractivity contribution in [2.75, 3.05) is 0 Å². The van der Waals surface area contributed by atoms with Crippen LogP contribution in [0.15, 0.2) is 0 Å². The molecule has 2 fully saturated rings. The van der Waals surface area contributed by atoms with Gasteiger partial charge in [-0.1, -0.05) is 19.3 Å². The van der Waals surface area contributed by atoms with Crippen molar-refractivity contribution in [3.8, 4) is 0 Å². The van der Waals surface area contributed by atoms with E-state index in [1.54, 1.807) is 0 Å². The highest BCUT2D eigenvalue weighted by Gasteiger charge is 2.46. The molecule has 5 heteroatoms. The minimum absolute atomic E-state index is 0.145. The van der Waals surface area contributed by atoms with Crippen LogP contribution in [0.25, 0.3) is 0 Å². The van der Waals surface area contributed by atoms with Gasteiger partial charge in [-0.15, -0.1) is 0 Å². The first kappa shape index (κ1) is 12.3. The lowest BCUT2D eigenvalue weighted by molar-refractivity contribution is -0.532. The third-order valence-electron chi connectivity index (χ3n) is 4.32. The molecule has 0 spiro atoms. The number of amides is 1. The molecule has 0 saturated heterocycles. The molecule has 0 aromatic carbocycles. The molecule has 2 aliphatic carbocycles. The van der Waals surface area contributed by atoms with Crippen molar-refractivity contribution in [3.63, 3.8) is 0 Å². The third kappa shape index (κ3) is 2.58. The molecule has 0 heterocycles. The number of nitrogens with zero attached hydrogens (tertiary/aromatic N) is 1. The van der Waals surface area contributed by atoms with Gasteiger partial charge in [-0.3, -0.25) is 14.9 Å².